The zero-order valence-corrected chi connectivity index (χ0v) is 16.5. The highest BCUT2D eigenvalue weighted by atomic mass is 16.3. The molecule has 0 unspecified atom stereocenters. The van der Waals surface area contributed by atoms with Gasteiger partial charge in [-0.25, -0.2) is 9.50 Å². The van der Waals surface area contributed by atoms with Crippen LogP contribution in [0.25, 0.3) is 27.9 Å². The number of para-hydroxylation sites is 1. The fourth-order valence-electron chi connectivity index (χ4n) is 3.47. The van der Waals surface area contributed by atoms with E-state index < -0.39 is 0 Å². The first-order valence-corrected chi connectivity index (χ1v) is 9.77. The molecule has 3 N–H and O–H groups in total. The molecule has 0 radical (unpaired) electrons. The predicted molar refractivity (Wildman–Crippen MR) is 121 cm³/mol. The number of hydrogen-bond acceptors (Lipinski definition) is 4. The van der Waals surface area contributed by atoms with Gasteiger partial charge in [-0.1, -0.05) is 54.6 Å². The molecule has 0 saturated carbocycles. The number of rotatable bonds is 5. The number of nitrogens with one attached hydrogen (secondary N) is 1. The smallest absolute Gasteiger partial charge is 0.292 e. The average molecular weight is 407 g/mol. The summed E-state index contributed by atoms with van der Waals surface area (Å²) in [7, 11) is 0. The van der Waals surface area contributed by atoms with E-state index in [1.165, 1.54) is 0 Å². The molecule has 31 heavy (non-hydrogen) atoms. The van der Waals surface area contributed by atoms with E-state index in [2.05, 4.69) is 10.4 Å². The normalized spacial score (nSPS) is 10.8. The van der Waals surface area contributed by atoms with Crippen LogP contribution in [0.3, 0.4) is 0 Å². The molecule has 0 fully saturated rings. The summed E-state index contributed by atoms with van der Waals surface area (Å²) in [6, 6.07) is 29.1. The molecule has 5 aromatic rings. The van der Waals surface area contributed by atoms with Gasteiger partial charge < -0.3 is 5.32 Å². The van der Waals surface area contributed by atoms with Gasteiger partial charge in [0.1, 0.15) is 0 Å². The first-order valence-electron chi connectivity index (χ1n) is 9.77. The minimum Gasteiger partial charge on any atom is -0.324 e. The van der Waals surface area contributed by atoms with E-state index in [4.69, 9.17) is 10.8 Å². The SMILES string of the molecule is N[N+](=O)c1cccc(-c2ccc(-c3cc4ccnn4c(Nc4ccccc4)n3)cc2)c1. The lowest BCUT2D eigenvalue weighted by Gasteiger charge is -2.11. The third kappa shape index (κ3) is 3.72. The monoisotopic (exact) mass is 407 g/mol. The Kier molecular flexibility index (Phi) is 4.61. The van der Waals surface area contributed by atoms with Crippen LogP contribution in [0.5, 0.6) is 0 Å². The summed E-state index contributed by atoms with van der Waals surface area (Å²) in [6.07, 6.45) is 1.75. The van der Waals surface area contributed by atoms with Gasteiger partial charge in [-0.15, -0.1) is 0 Å². The van der Waals surface area contributed by atoms with Crippen molar-refractivity contribution in [3.8, 4) is 22.4 Å². The van der Waals surface area contributed by atoms with Crippen LogP contribution in [-0.2, 0) is 0 Å². The maximum atomic E-state index is 11.4. The number of aromatic nitrogens is 3. The van der Waals surface area contributed by atoms with E-state index in [1.54, 1.807) is 22.8 Å². The molecule has 0 atom stereocenters. The zero-order valence-electron chi connectivity index (χ0n) is 16.5. The lowest BCUT2D eigenvalue weighted by molar-refractivity contribution is -0.474. The van der Waals surface area contributed by atoms with Gasteiger partial charge in [-0.05, 0) is 35.4 Å². The van der Waals surface area contributed by atoms with Gasteiger partial charge >= 0.3 is 0 Å². The van der Waals surface area contributed by atoms with Crippen molar-refractivity contribution in [3.05, 3.63) is 102 Å². The van der Waals surface area contributed by atoms with Crippen LogP contribution in [0.2, 0.25) is 0 Å². The Morgan fingerprint density at radius 3 is 2.35 bits per heavy atom. The predicted octanol–water partition coefficient (Wildman–Crippen LogP) is 5.09. The van der Waals surface area contributed by atoms with E-state index in [0.717, 1.165) is 33.6 Å². The minimum atomic E-state index is 0.365. The Morgan fingerprint density at radius 2 is 1.58 bits per heavy atom. The summed E-state index contributed by atoms with van der Waals surface area (Å²) in [5.74, 6) is 5.96. The molecular weight excluding hydrogens is 388 g/mol. The average Bonchev–Trinajstić information content (AvgIpc) is 3.29. The zero-order chi connectivity index (χ0) is 21.2. The molecule has 2 aromatic heterocycles. The topological polar surface area (TPSA) is 88.3 Å². The summed E-state index contributed by atoms with van der Waals surface area (Å²) >= 11 is 0. The van der Waals surface area contributed by atoms with E-state index in [-0.39, 0.29) is 0 Å². The van der Waals surface area contributed by atoms with E-state index in [0.29, 0.717) is 16.5 Å². The highest BCUT2D eigenvalue weighted by molar-refractivity contribution is 5.73. The molecule has 0 amide bonds. The Bertz CT molecular complexity index is 1380. The van der Waals surface area contributed by atoms with Crippen molar-refractivity contribution in [2.75, 3.05) is 5.32 Å². The van der Waals surface area contributed by atoms with Crippen molar-refractivity contribution >= 4 is 22.8 Å². The minimum absolute atomic E-state index is 0.365. The summed E-state index contributed by atoms with van der Waals surface area (Å²) in [4.78, 5) is 16.6. The van der Waals surface area contributed by atoms with Gasteiger partial charge in [0.05, 0.1) is 22.3 Å². The molecule has 150 valence electrons. The van der Waals surface area contributed by atoms with Crippen molar-refractivity contribution in [3.63, 3.8) is 0 Å². The van der Waals surface area contributed by atoms with Crippen molar-refractivity contribution < 1.29 is 4.87 Å². The molecule has 7 nitrogen and oxygen atoms in total. The van der Waals surface area contributed by atoms with Crippen LogP contribution in [0.4, 0.5) is 17.3 Å². The number of fused-ring (bicyclic) bond motifs is 1. The highest BCUT2D eigenvalue weighted by Gasteiger charge is 2.12. The lowest BCUT2D eigenvalue weighted by atomic mass is 10.0. The second-order valence-corrected chi connectivity index (χ2v) is 7.08. The van der Waals surface area contributed by atoms with Crippen LogP contribution >= 0.6 is 0 Å². The van der Waals surface area contributed by atoms with Crippen LogP contribution in [0, 0.1) is 4.91 Å². The number of nitroso groups, excluding NO2 is 1. The van der Waals surface area contributed by atoms with Crippen molar-refractivity contribution in [1.29, 1.82) is 0 Å². The van der Waals surface area contributed by atoms with Gasteiger partial charge in [0, 0.05) is 23.4 Å². The van der Waals surface area contributed by atoms with Crippen LogP contribution in [-0.4, -0.2) is 19.5 Å². The molecule has 3 aromatic carbocycles. The molecule has 0 spiro atoms. The van der Waals surface area contributed by atoms with Crippen LogP contribution in [0.15, 0.2) is 97.2 Å². The largest absolute Gasteiger partial charge is 0.324 e. The van der Waals surface area contributed by atoms with Crippen molar-refractivity contribution in [1.82, 2.24) is 14.6 Å². The molecule has 5 rings (SSSR count). The summed E-state index contributed by atoms with van der Waals surface area (Å²) in [6.45, 7) is 0. The summed E-state index contributed by atoms with van der Waals surface area (Å²) in [5, 5.41) is 7.72. The molecule has 2 heterocycles. The van der Waals surface area contributed by atoms with E-state index in [9.17, 15) is 4.91 Å². The molecule has 0 aliphatic carbocycles. The third-order valence-corrected chi connectivity index (χ3v) is 5.03. The first-order chi connectivity index (χ1) is 15.2. The first kappa shape index (κ1) is 18.5. The fourth-order valence-corrected chi connectivity index (χ4v) is 3.47. The number of nitrogens with zero attached hydrogens (tertiary/aromatic N) is 4. The Hall–Kier alpha value is -4.52. The van der Waals surface area contributed by atoms with Gasteiger partial charge in [0.2, 0.25) is 5.95 Å². The molecule has 0 bridgehead atoms. The number of nitrogens with two attached hydrogens (primary N) is 1. The van der Waals surface area contributed by atoms with Gasteiger partial charge in [0.25, 0.3) is 5.69 Å². The molecule has 7 heteroatoms. The van der Waals surface area contributed by atoms with Gasteiger partial charge in [-0.3, -0.25) is 0 Å². The Morgan fingerprint density at radius 1 is 0.806 bits per heavy atom. The molecular formula is C24H19N6O+. The van der Waals surface area contributed by atoms with Crippen LogP contribution in [0.1, 0.15) is 0 Å². The van der Waals surface area contributed by atoms with Gasteiger partial charge in [0.15, 0.2) is 4.87 Å². The third-order valence-electron chi connectivity index (χ3n) is 5.03. The quantitative estimate of drug-likeness (QED) is 0.241. The second kappa shape index (κ2) is 7.72. The maximum Gasteiger partial charge on any atom is 0.292 e. The number of benzene rings is 3. The molecule has 0 aliphatic heterocycles. The summed E-state index contributed by atoms with van der Waals surface area (Å²) < 4.78 is 1.78. The highest BCUT2D eigenvalue weighted by Crippen LogP contribution is 2.28. The Labute approximate surface area is 178 Å². The van der Waals surface area contributed by atoms with Crippen LogP contribution < -0.4 is 11.2 Å². The van der Waals surface area contributed by atoms with Gasteiger partial charge in [-0.2, -0.15) is 10.9 Å². The Balaban J connectivity index is 1.51. The molecule has 0 aliphatic rings. The van der Waals surface area contributed by atoms with Crippen molar-refractivity contribution in [2.24, 2.45) is 5.84 Å². The van der Waals surface area contributed by atoms with E-state index in [1.807, 2.05) is 78.9 Å². The molecule has 0 saturated heterocycles. The fraction of sp³-hybridized carbons (Fsp3) is 0. The van der Waals surface area contributed by atoms with E-state index >= 15 is 0 Å². The standard InChI is InChI=1S/C24H19N6O/c25-30(31)22-8-4-5-19(15-22)17-9-11-18(12-10-17)23-16-21-13-14-26-29(21)24(28-23)27-20-6-2-1-3-7-20/h1-16H,(H2,25,31)(H,27,28)/q+1. The number of hydrazine groups is 1. The van der Waals surface area contributed by atoms with Crippen molar-refractivity contribution in [2.45, 2.75) is 0 Å². The second-order valence-electron chi connectivity index (χ2n) is 7.08. The lowest BCUT2D eigenvalue weighted by Crippen LogP contribution is -2.08. The number of anilines is 2. The summed E-state index contributed by atoms with van der Waals surface area (Å²) in [5.41, 5.74) is 6.00. The maximum absolute atomic E-state index is 11.4. The number of hydrogen-bond donors (Lipinski definition) is 2.